The molecule has 140 valence electrons. The van der Waals surface area contributed by atoms with Crippen molar-refractivity contribution >= 4 is 39.8 Å². The van der Waals surface area contributed by atoms with Gasteiger partial charge in [-0.3, -0.25) is 4.79 Å². The maximum atomic E-state index is 12.3. The monoisotopic (exact) mass is 369 g/mol. The SMILES string of the molecule is COC(=O)C1CC(CC(=O)O)CN1c1nc(C)nc2c1oc1ccccc12. The van der Waals surface area contributed by atoms with Gasteiger partial charge in [0.15, 0.2) is 11.4 Å². The molecule has 3 heterocycles. The van der Waals surface area contributed by atoms with E-state index in [0.717, 1.165) is 5.39 Å². The Bertz CT molecular complexity index is 1040. The normalized spacial score (nSPS) is 19.7. The molecule has 0 bridgehead atoms. The van der Waals surface area contributed by atoms with E-state index in [4.69, 9.17) is 14.3 Å². The van der Waals surface area contributed by atoms with Crippen molar-refractivity contribution in [2.45, 2.75) is 25.8 Å². The number of aromatic nitrogens is 2. The van der Waals surface area contributed by atoms with Crippen LogP contribution in [0.3, 0.4) is 0 Å². The number of carbonyl (C=O) groups is 2. The molecule has 1 aliphatic heterocycles. The lowest BCUT2D eigenvalue weighted by Crippen LogP contribution is -2.37. The number of anilines is 1. The largest absolute Gasteiger partial charge is 0.481 e. The fraction of sp³-hybridized carbons (Fsp3) is 0.368. The third-order valence-electron chi connectivity index (χ3n) is 4.91. The number of ether oxygens (including phenoxy) is 1. The molecule has 27 heavy (non-hydrogen) atoms. The number of methoxy groups -OCH3 is 1. The Morgan fingerprint density at radius 1 is 1.33 bits per heavy atom. The molecule has 1 N–H and O–H groups in total. The number of aryl methyl sites for hydroxylation is 1. The van der Waals surface area contributed by atoms with Crippen LogP contribution in [-0.2, 0) is 14.3 Å². The lowest BCUT2D eigenvalue weighted by Gasteiger charge is -2.23. The van der Waals surface area contributed by atoms with Gasteiger partial charge < -0.3 is 19.2 Å². The molecule has 2 atom stereocenters. The quantitative estimate of drug-likeness (QED) is 0.699. The predicted octanol–water partition coefficient (Wildman–Crippen LogP) is 2.53. The van der Waals surface area contributed by atoms with Gasteiger partial charge in [0.1, 0.15) is 23.0 Å². The number of carboxylic acids is 1. The topological polar surface area (TPSA) is 106 Å². The van der Waals surface area contributed by atoms with Crippen molar-refractivity contribution in [3.63, 3.8) is 0 Å². The average Bonchev–Trinajstić information content (AvgIpc) is 3.21. The molecule has 1 aromatic carbocycles. The molecule has 1 aliphatic rings. The summed E-state index contributed by atoms with van der Waals surface area (Å²) in [5.74, 6) is -0.436. The number of para-hydroxylation sites is 1. The molecule has 0 saturated carbocycles. The van der Waals surface area contributed by atoms with Crippen LogP contribution in [0.1, 0.15) is 18.7 Å². The van der Waals surface area contributed by atoms with E-state index < -0.39 is 18.0 Å². The van der Waals surface area contributed by atoms with Crippen LogP contribution in [-0.4, -0.2) is 46.7 Å². The highest BCUT2D eigenvalue weighted by Crippen LogP contribution is 2.37. The zero-order valence-electron chi connectivity index (χ0n) is 15.0. The number of carbonyl (C=O) groups excluding carboxylic acids is 1. The third-order valence-corrected chi connectivity index (χ3v) is 4.91. The highest BCUT2D eigenvalue weighted by molar-refractivity contribution is 6.06. The molecule has 8 nitrogen and oxygen atoms in total. The Kier molecular flexibility index (Phi) is 4.18. The molecule has 0 aliphatic carbocycles. The number of furan rings is 1. The van der Waals surface area contributed by atoms with Gasteiger partial charge in [0.2, 0.25) is 0 Å². The number of rotatable bonds is 4. The molecule has 2 unspecified atom stereocenters. The summed E-state index contributed by atoms with van der Waals surface area (Å²) in [4.78, 5) is 34.3. The van der Waals surface area contributed by atoms with Crippen LogP contribution in [0.15, 0.2) is 28.7 Å². The van der Waals surface area contributed by atoms with Crippen molar-refractivity contribution in [3.05, 3.63) is 30.1 Å². The summed E-state index contributed by atoms with van der Waals surface area (Å²) in [6, 6.07) is 6.95. The smallest absolute Gasteiger partial charge is 0.328 e. The number of nitrogens with zero attached hydrogens (tertiary/aromatic N) is 3. The zero-order valence-corrected chi connectivity index (χ0v) is 15.0. The Morgan fingerprint density at radius 3 is 2.85 bits per heavy atom. The van der Waals surface area contributed by atoms with E-state index in [-0.39, 0.29) is 12.3 Å². The number of benzene rings is 1. The Balaban J connectivity index is 1.86. The molecule has 1 fully saturated rings. The molecular weight excluding hydrogens is 350 g/mol. The van der Waals surface area contributed by atoms with E-state index >= 15 is 0 Å². The van der Waals surface area contributed by atoms with E-state index in [9.17, 15) is 9.59 Å². The van der Waals surface area contributed by atoms with Crippen LogP contribution in [0.4, 0.5) is 5.82 Å². The van der Waals surface area contributed by atoms with Crippen LogP contribution in [0.25, 0.3) is 22.1 Å². The molecular formula is C19H19N3O5. The fourth-order valence-corrected chi connectivity index (χ4v) is 3.79. The summed E-state index contributed by atoms with van der Waals surface area (Å²) in [5.41, 5.74) is 1.86. The van der Waals surface area contributed by atoms with Crippen LogP contribution < -0.4 is 4.90 Å². The van der Waals surface area contributed by atoms with Gasteiger partial charge >= 0.3 is 11.9 Å². The van der Waals surface area contributed by atoms with Crippen LogP contribution >= 0.6 is 0 Å². The molecule has 0 spiro atoms. The van der Waals surface area contributed by atoms with Crippen molar-refractivity contribution in [3.8, 4) is 0 Å². The minimum atomic E-state index is -0.891. The van der Waals surface area contributed by atoms with Crippen LogP contribution in [0, 0.1) is 12.8 Å². The second-order valence-electron chi connectivity index (χ2n) is 6.76. The Hall–Kier alpha value is -3.16. The predicted molar refractivity (Wildman–Crippen MR) is 97.6 cm³/mol. The summed E-state index contributed by atoms with van der Waals surface area (Å²) in [5, 5.41) is 10.0. The summed E-state index contributed by atoms with van der Waals surface area (Å²) < 4.78 is 10.9. The summed E-state index contributed by atoms with van der Waals surface area (Å²) in [6.45, 7) is 2.16. The fourth-order valence-electron chi connectivity index (χ4n) is 3.79. The highest BCUT2D eigenvalue weighted by atomic mass is 16.5. The molecule has 4 rings (SSSR count). The minimum absolute atomic E-state index is 0.0165. The lowest BCUT2D eigenvalue weighted by molar-refractivity contribution is -0.142. The summed E-state index contributed by atoms with van der Waals surface area (Å²) in [6.07, 6.45) is 0.376. The van der Waals surface area contributed by atoms with E-state index in [1.807, 2.05) is 24.3 Å². The van der Waals surface area contributed by atoms with Crippen LogP contribution in [0.2, 0.25) is 0 Å². The molecule has 0 amide bonds. The average molecular weight is 369 g/mol. The second-order valence-corrected chi connectivity index (χ2v) is 6.76. The van der Waals surface area contributed by atoms with E-state index in [2.05, 4.69) is 9.97 Å². The van der Waals surface area contributed by atoms with Gasteiger partial charge in [-0.1, -0.05) is 12.1 Å². The van der Waals surface area contributed by atoms with Gasteiger partial charge in [-0.15, -0.1) is 0 Å². The van der Waals surface area contributed by atoms with Gasteiger partial charge in [-0.2, -0.15) is 0 Å². The van der Waals surface area contributed by atoms with E-state index in [1.54, 1.807) is 11.8 Å². The third kappa shape index (κ3) is 2.97. The first kappa shape index (κ1) is 17.3. The first-order valence-electron chi connectivity index (χ1n) is 8.70. The maximum Gasteiger partial charge on any atom is 0.328 e. The maximum absolute atomic E-state index is 12.3. The van der Waals surface area contributed by atoms with Gasteiger partial charge in [0, 0.05) is 18.4 Å². The van der Waals surface area contributed by atoms with Gasteiger partial charge in [0.25, 0.3) is 0 Å². The van der Waals surface area contributed by atoms with Crippen molar-refractivity contribution in [1.82, 2.24) is 9.97 Å². The number of carboxylic acid groups (broad SMARTS) is 1. The number of hydrogen-bond donors (Lipinski definition) is 1. The molecule has 1 saturated heterocycles. The van der Waals surface area contributed by atoms with Crippen LogP contribution in [0.5, 0.6) is 0 Å². The Labute approximate surface area is 154 Å². The van der Waals surface area contributed by atoms with Gasteiger partial charge in [0.05, 0.1) is 7.11 Å². The first-order valence-corrected chi connectivity index (χ1v) is 8.70. The van der Waals surface area contributed by atoms with Gasteiger partial charge in [-0.25, -0.2) is 14.8 Å². The highest BCUT2D eigenvalue weighted by Gasteiger charge is 2.40. The number of fused-ring (bicyclic) bond motifs is 3. The lowest BCUT2D eigenvalue weighted by atomic mass is 10.0. The van der Waals surface area contributed by atoms with Crippen molar-refractivity contribution in [1.29, 1.82) is 0 Å². The van der Waals surface area contributed by atoms with Crippen molar-refractivity contribution < 1.29 is 23.8 Å². The standard InChI is InChI=1S/C19H19N3O5/c1-10-20-16-12-5-3-4-6-14(12)27-17(16)18(21-10)22-9-11(8-15(23)24)7-13(22)19(25)26-2/h3-6,11,13H,7-9H2,1-2H3,(H,23,24). The molecule has 8 heteroatoms. The number of esters is 1. The number of aliphatic carboxylic acids is 1. The zero-order chi connectivity index (χ0) is 19.1. The minimum Gasteiger partial charge on any atom is -0.481 e. The molecule has 2 aromatic heterocycles. The van der Waals surface area contributed by atoms with Gasteiger partial charge in [-0.05, 0) is 31.4 Å². The van der Waals surface area contributed by atoms with Crippen molar-refractivity contribution in [2.24, 2.45) is 5.92 Å². The molecule has 0 radical (unpaired) electrons. The second kappa shape index (κ2) is 6.53. The molecule has 3 aromatic rings. The summed E-state index contributed by atoms with van der Waals surface area (Å²) in [7, 11) is 1.33. The van der Waals surface area contributed by atoms with E-state index in [0.29, 0.717) is 41.3 Å². The Morgan fingerprint density at radius 2 is 2.11 bits per heavy atom. The number of hydrogen-bond acceptors (Lipinski definition) is 7. The summed E-state index contributed by atoms with van der Waals surface area (Å²) >= 11 is 0. The van der Waals surface area contributed by atoms with E-state index in [1.165, 1.54) is 7.11 Å². The first-order chi connectivity index (χ1) is 13.0. The van der Waals surface area contributed by atoms with Crippen molar-refractivity contribution in [2.75, 3.05) is 18.6 Å².